The minimum absolute atomic E-state index is 0.180. The van der Waals surface area contributed by atoms with E-state index < -0.39 is 11.7 Å². The highest BCUT2D eigenvalue weighted by Gasteiger charge is 2.30. The molecule has 0 amide bonds. The number of anilines is 2. The van der Waals surface area contributed by atoms with Gasteiger partial charge in [0, 0.05) is 36.6 Å². The maximum absolute atomic E-state index is 13.0. The predicted octanol–water partition coefficient (Wildman–Crippen LogP) is 5.69. The maximum Gasteiger partial charge on any atom is 0.416 e. The van der Waals surface area contributed by atoms with E-state index >= 15 is 0 Å². The van der Waals surface area contributed by atoms with E-state index in [2.05, 4.69) is 15.5 Å². The molecule has 0 bridgehead atoms. The molecular weight excluding hydrogens is 381 g/mol. The van der Waals surface area contributed by atoms with Crippen molar-refractivity contribution < 1.29 is 18.0 Å². The fourth-order valence-corrected chi connectivity index (χ4v) is 3.24. The first-order valence-corrected chi connectivity index (χ1v) is 9.05. The van der Waals surface area contributed by atoms with Crippen molar-refractivity contribution in [2.24, 2.45) is 12.2 Å². The summed E-state index contributed by atoms with van der Waals surface area (Å²) in [5.74, 6) is 0. The molecule has 0 fully saturated rings. The molecule has 2 aromatic carbocycles. The number of alkyl halides is 3. The highest BCUT2D eigenvalue weighted by atomic mass is 19.4. The maximum atomic E-state index is 13.0. The molecule has 1 aromatic heterocycles. The minimum Gasteiger partial charge on any atom is -0.387 e. The molecule has 2 heterocycles. The lowest BCUT2D eigenvalue weighted by Gasteiger charge is -2.16. The zero-order chi connectivity index (χ0) is 20.6. The molecule has 1 atom stereocenters. The topological polar surface area (TPSA) is 51.4 Å². The van der Waals surface area contributed by atoms with Crippen molar-refractivity contribution in [3.8, 4) is 11.3 Å². The van der Waals surface area contributed by atoms with Crippen LogP contribution in [-0.2, 0) is 18.1 Å². The quantitative estimate of drug-likeness (QED) is 0.612. The van der Waals surface area contributed by atoms with Gasteiger partial charge in [-0.2, -0.15) is 13.2 Å². The molecule has 1 aliphatic rings. The summed E-state index contributed by atoms with van der Waals surface area (Å²) in [4.78, 5) is 9.88. The molecule has 0 aliphatic carbocycles. The zero-order valence-corrected chi connectivity index (χ0v) is 15.9. The fourth-order valence-electron chi connectivity index (χ4n) is 3.24. The Balaban J connectivity index is 1.71. The van der Waals surface area contributed by atoms with Gasteiger partial charge in [-0.1, -0.05) is 17.3 Å². The van der Waals surface area contributed by atoms with Crippen LogP contribution < -0.4 is 5.32 Å². The number of hydrogen-bond donors (Lipinski definition) is 1. The lowest BCUT2D eigenvalue weighted by atomic mass is 9.99. The van der Waals surface area contributed by atoms with Crippen molar-refractivity contribution in [2.75, 3.05) is 5.32 Å². The second kappa shape index (κ2) is 7.27. The van der Waals surface area contributed by atoms with Gasteiger partial charge in [0.05, 0.1) is 23.3 Å². The predicted molar refractivity (Wildman–Crippen MR) is 105 cm³/mol. The Hall–Kier alpha value is -3.29. The summed E-state index contributed by atoms with van der Waals surface area (Å²) in [6, 6.07) is 10.8. The molecule has 0 radical (unpaired) electrons. The zero-order valence-electron chi connectivity index (χ0n) is 15.9. The first kappa shape index (κ1) is 19.0. The molecule has 1 aliphatic heterocycles. The van der Waals surface area contributed by atoms with E-state index in [0.717, 1.165) is 29.0 Å². The molecule has 0 saturated heterocycles. The van der Waals surface area contributed by atoms with Crippen LogP contribution in [0.3, 0.4) is 0 Å². The lowest BCUT2D eigenvalue weighted by molar-refractivity contribution is -0.137. The largest absolute Gasteiger partial charge is 0.416 e. The number of aryl methyl sites for hydroxylation is 1. The summed E-state index contributed by atoms with van der Waals surface area (Å²) in [5.41, 5.74) is 3.63. The number of nitrogens with one attached hydrogen (secondary N) is 1. The molecule has 3 aromatic rings. The average molecular weight is 400 g/mol. The number of benzene rings is 2. The normalized spacial score (nSPS) is 16.4. The Labute approximate surface area is 165 Å². The van der Waals surface area contributed by atoms with Gasteiger partial charge in [0.25, 0.3) is 0 Å². The molecule has 0 spiro atoms. The average Bonchev–Trinajstić information content (AvgIpc) is 3.30. The first-order chi connectivity index (χ1) is 13.8. The van der Waals surface area contributed by atoms with Crippen molar-refractivity contribution >= 4 is 17.1 Å². The van der Waals surface area contributed by atoms with E-state index in [1.54, 1.807) is 12.4 Å². The molecule has 4 rings (SSSR count). The summed E-state index contributed by atoms with van der Waals surface area (Å²) >= 11 is 0. The number of halogens is 3. The van der Waals surface area contributed by atoms with Crippen LogP contribution in [0.4, 0.5) is 24.5 Å². The van der Waals surface area contributed by atoms with Crippen molar-refractivity contribution in [3.63, 3.8) is 0 Å². The summed E-state index contributed by atoms with van der Waals surface area (Å²) in [7, 11) is 1.86. The van der Waals surface area contributed by atoms with E-state index in [-0.39, 0.29) is 6.10 Å². The van der Waals surface area contributed by atoms with Gasteiger partial charge in [0.1, 0.15) is 0 Å². The van der Waals surface area contributed by atoms with Crippen molar-refractivity contribution in [2.45, 2.75) is 25.6 Å². The Morgan fingerprint density at radius 3 is 2.66 bits per heavy atom. The fraction of sp³-hybridized carbons (Fsp3) is 0.238. The second-order valence-electron chi connectivity index (χ2n) is 7.06. The number of hydrogen-bond acceptors (Lipinski definition) is 4. The highest BCUT2D eigenvalue weighted by Crippen LogP contribution is 2.36. The van der Waals surface area contributed by atoms with E-state index in [0.29, 0.717) is 23.5 Å². The van der Waals surface area contributed by atoms with Crippen molar-refractivity contribution in [1.82, 2.24) is 9.55 Å². The van der Waals surface area contributed by atoms with Crippen LogP contribution >= 0.6 is 0 Å². The molecule has 1 N–H and O–H groups in total. The van der Waals surface area contributed by atoms with Gasteiger partial charge >= 0.3 is 6.18 Å². The Morgan fingerprint density at radius 1 is 1.17 bits per heavy atom. The number of oxime groups is 1. The molecular formula is C21H19F3N4O. The SMILES string of the molecule is CC1=NO[C@H](c2ccc(Nc3cccc(C(F)(F)F)c3)c(-c3cn(C)cn3)c2)C1. The summed E-state index contributed by atoms with van der Waals surface area (Å²) in [6.45, 7) is 1.91. The van der Waals surface area contributed by atoms with Crippen LogP contribution in [0.2, 0.25) is 0 Å². The summed E-state index contributed by atoms with van der Waals surface area (Å²) < 4.78 is 41.0. The highest BCUT2D eigenvalue weighted by molar-refractivity contribution is 5.84. The molecule has 150 valence electrons. The molecule has 0 unspecified atom stereocenters. The summed E-state index contributed by atoms with van der Waals surface area (Å²) in [5, 5.41) is 7.10. The molecule has 0 saturated carbocycles. The Morgan fingerprint density at radius 2 is 2.00 bits per heavy atom. The van der Waals surface area contributed by atoms with Crippen LogP contribution in [0.25, 0.3) is 11.3 Å². The first-order valence-electron chi connectivity index (χ1n) is 9.05. The second-order valence-corrected chi connectivity index (χ2v) is 7.06. The van der Waals surface area contributed by atoms with Gasteiger partial charge < -0.3 is 14.7 Å². The van der Waals surface area contributed by atoms with Gasteiger partial charge in [-0.05, 0) is 42.8 Å². The number of nitrogens with zero attached hydrogens (tertiary/aromatic N) is 3. The Bertz CT molecular complexity index is 1070. The monoisotopic (exact) mass is 400 g/mol. The molecule has 5 nitrogen and oxygen atoms in total. The number of rotatable bonds is 4. The van der Waals surface area contributed by atoms with E-state index in [9.17, 15) is 13.2 Å². The van der Waals surface area contributed by atoms with Gasteiger partial charge in [-0.3, -0.25) is 0 Å². The smallest absolute Gasteiger partial charge is 0.387 e. The van der Waals surface area contributed by atoms with Crippen molar-refractivity contribution in [3.05, 3.63) is 66.1 Å². The van der Waals surface area contributed by atoms with Crippen LogP contribution in [0, 0.1) is 0 Å². The Kier molecular flexibility index (Phi) is 4.77. The van der Waals surface area contributed by atoms with E-state index in [1.165, 1.54) is 6.07 Å². The number of imidazole rings is 1. The van der Waals surface area contributed by atoms with Gasteiger partial charge in [0.2, 0.25) is 0 Å². The molecule has 8 heteroatoms. The third kappa shape index (κ3) is 4.11. The van der Waals surface area contributed by atoms with Crippen LogP contribution in [0.1, 0.15) is 30.6 Å². The minimum atomic E-state index is -4.40. The molecule has 29 heavy (non-hydrogen) atoms. The third-order valence-corrected chi connectivity index (χ3v) is 4.68. The number of aromatic nitrogens is 2. The van der Waals surface area contributed by atoms with Crippen molar-refractivity contribution in [1.29, 1.82) is 0 Å². The van der Waals surface area contributed by atoms with Gasteiger partial charge in [0.15, 0.2) is 6.10 Å². The van der Waals surface area contributed by atoms with Gasteiger partial charge in [-0.25, -0.2) is 4.98 Å². The van der Waals surface area contributed by atoms with E-state index in [1.807, 2.05) is 42.9 Å². The van der Waals surface area contributed by atoms with E-state index in [4.69, 9.17) is 4.84 Å². The lowest BCUT2D eigenvalue weighted by Crippen LogP contribution is -2.05. The van der Waals surface area contributed by atoms with Crippen LogP contribution in [0.5, 0.6) is 0 Å². The van der Waals surface area contributed by atoms with Gasteiger partial charge in [-0.15, -0.1) is 0 Å². The van der Waals surface area contributed by atoms with Crippen LogP contribution in [-0.4, -0.2) is 15.3 Å². The standard InChI is InChI=1S/C21H19F3N4O/c1-13-8-20(29-27-13)14-6-7-18(17(9-14)19-11-28(2)12-25-19)26-16-5-3-4-15(10-16)21(22,23)24/h3-7,9-12,20,26H,8H2,1-2H3/t20-/m0/s1. The third-order valence-electron chi connectivity index (χ3n) is 4.68. The summed E-state index contributed by atoms with van der Waals surface area (Å²) in [6.07, 6.45) is -0.353. The van der Waals surface area contributed by atoms with Crippen LogP contribution in [0.15, 0.2) is 60.1 Å².